The summed E-state index contributed by atoms with van der Waals surface area (Å²) >= 11 is 0. The van der Waals surface area contributed by atoms with E-state index in [-0.39, 0.29) is 12.2 Å². The van der Waals surface area contributed by atoms with Crippen LogP contribution in [0.1, 0.15) is 17.2 Å². The molecule has 1 saturated heterocycles. The van der Waals surface area contributed by atoms with E-state index in [1.807, 2.05) is 31.2 Å². The average molecular weight is 159 g/mol. The molecule has 0 saturated carbocycles. The second kappa shape index (κ2) is 2.62. The fourth-order valence-corrected chi connectivity index (χ4v) is 1.22. The Morgan fingerprint density at radius 1 is 1.33 bits per heavy atom. The van der Waals surface area contributed by atoms with Gasteiger partial charge in [-0.1, -0.05) is 29.8 Å². The van der Waals surface area contributed by atoms with Gasteiger partial charge in [-0.25, -0.2) is 0 Å². The molecule has 0 amide bonds. The fourth-order valence-electron chi connectivity index (χ4n) is 1.22. The first-order valence-electron chi connectivity index (χ1n) is 3.93. The van der Waals surface area contributed by atoms with Crippen LogP contribution in [0.4, 0.5) is 0 Å². The number of hydrogen-bond acceptors (Lipinski definition) is 2. The van der Waals surface area contributed by atoms with Crippen LogP contribution in [0.3, 0.4) is 0 Å². The Labute approximate surface area is 71.4 Å². The summed E-state index contributed by atoms with van der Waals surface area (Å²) in [5.74, 6) is 0. The van der Waals surface area contributed by atoms with Crippen LogP contribution in [-0.4, -0.2) is 6.10 Å². The van der Waals surface area contributed by atoms with Gasteiger partial charge in [0.2, 0.25) is 0 Å². The topological polar surface area (TPSA) is 36.3 Å². The second-order valence-corrected chi connectivity index (χ2v) is 3.02. The van der Waals surface area contributed by atoms with Gasteiger partial charge in [0.05, 0.1) is 6.07 Å². The summed E-state index contributed by atoms with van der Waals surface area (Å²) in [6, 6.07) is 10.2. The molecule has 1 aliphatic heterocycles. The van der Waals surface area contributed by atoms with E-state index in [0.29, 0.717) is 0 Å². The number of rotatable bonds is 1. The highest BCUT2D eigenvalue weighted by molar-refractivity contribution is 5.28. The highest BCUT2D eigenvalue weighted by Gasteiger charge is 2.40. The van der Waals surface area contributed by atoms with E-state index >= 15 is 0 Å². The van der Waals surface area contributed by atoms with Gasteiger partial charge in [0.15, 0.2) is 6.10 Å². The number of epoxide rings is 1. The smallest absolute Gasteiger partial charge is 0.175 e. The summed E-state index contributed by atoms with van der Waals surface area (Å²) in [5.41, 5.74) is 2.33. The molecule has 0 spiro atoms. The van der Waals surface area contributed by atoms with E-state index in [2.05, 4.69) is 6.07 Å². The standard InChI is InChI=1S/C10H9NO/c1-7-2-4-8(5-3-7)10-9(6-11)12-10/h2-5,9-10H,1H3/t9-,10+/m0/s1. The predicted molar refractivity (Wildman–Crippen MR) is 44.4 cm³/mol. The van der Waals surface area contributed by atoms with Crippen LogP contribution in [-0.2, 0) is 4.74 Å². The molecule has 0 aliphatic carbocycles. The molecule has 1 aromatic carbocycles. The molecule has 0 N–H and O–H groups in total. The van der Waals surface area contributed by atoms with Crippen molar-refractivity contribution in [1.82, 2.24) is 0 Å². The van der Waals surface area contributed by atoms with E-state index in [1.54, 1.807) is 0 Å². The number of benzene rings is 1. The van der Waals surface area contributed by atoms with Crippen LogP contribution < -0.4 is 0 Å². The minimum absolute atomic E-state index is 0.0237. The molecule has 2 rings (SSSR count). The molecule has 2 atom stereocenters. The van der Waals surface area contributed by atoms with Crippen LogP contribution in [0.15, 0.2) is 24.3 Å². The number of hydrogen-bond donors (Lipinski definition) is 0. The molecule has 2 heteroatoms. The minimum Gasteiger partial charge on any atom is -0.348 e. The van der Waals surface area contributed by atoms with Crippen LogP contribution in [0, 0.1) is 18.3 Å². The molecule has 12 heavy (non-hydrogen) atoms. The van der Waals surface area contributed by atoms with Gasteiger partial charge in [-0.3, -0.25) is 0 Å². The van der Waals surface area contributed by atoms with E-state index in [9.17, 15) is 0 Å². The van der Waals surface area contributed by atoms with Gasteiger partial charge < -0.3 is 4.74 Å². The molecule has 60 valence electrons. The van der Waals surface area contributed by atoms with E-state index in [4.69, 9.17) is 10.00 Å². The normalized spacial score (nSPS) is 26.3. The Morgan fingerprint density at radius 2 is 2.00 bits per heavy atom. The van der Waals surface area contributed by atoms with Gasteiger partial charge in [0, 0.05) is 0 Å². The molecule has 1 aromatic rings. The van der Waals surface area contributed by atoms with Crippen molar-refractivity contribution >= 4 is 0 Å². The van der Waals surface area contributed by atoms with Crippen molar-refractivity contribution in [2.24, 2.45) is 0 Å². The third kappa shape index (κ3) is 1.19. The molecule has 2 nitrogen and oxygen atoms in total. The zero-order valence-corrected chi connectivity index (χ0v) is 6.82. The molecule has 0 unspecified atom stereocenters. The van der Waals surface area contributed by atoms with Gasteiger partial charge in [-0.15, -0.1) is 0 Å². The lowest BCUT2D eigenvalue weighted by molar-refractivity contribution is 0.396. The highest BCUT2D eigenvalue weighted by Crippen LogP contribution is 2.37. The molecule has 0 aromatic heterocycles. The van der Waals surface area contributed by atoms with Crippen molar-refractivity contribution < 1.29 is 4.74 Å². The summed E-state index contributed by atoms with van der Waals surface area (Å²) in [7, 11) is 0. The Balaban J connectivity index is 2.17. The Morgan fingerprint density at radius 3 is 2.50 bits per heavy atom. The van der Waals surface area contributed by atoms with Gasteiger partial charge in [-0.05, 0) is 12.5 Å². The first-order chi connectivity index (χ1) is 5.81. The third-order valence-electron chi connectivity index (χ3n) is 2.02. The first kappa shape index (κ1) is 7.33. The van der Waals surface area contributed by atoms with E-state index < -0.39 is 0 Å². The van der Waals surface area contributed by atoms with E-state index in [0.717, 1.165) is 5.56 Å². The first-order valence-corrected chi connectivity index (χ1v) is 3.93. The maximum Gasteiger partial charge on any atom is 0.175 e. The molecular formula is C10H9NO. The number of nitrogens with zero attached hydrogens (tertiary/aromatic N) is 1. The highest BCUT2D eigenvalue weighted by atomic mass is 16.6. The third-order valence-corrected chi connectivity index (χ3v) is 2.02. The van der Waals surface area contributed by atoms with Crippen LogP contribution in [0.5, 0.6) is 0 Å². The van der Waals surface area contributed by atoms with Gasteiger partial charge in [0.1, 0.15) is 6.10 Å². The van der Waals surface area contributed by atoms with Crippen molar-refractivity contribution in [2.75, 3.05) is 0 Å². The maximum atomic E-state index is 8.52. The van der Waals surface area contributed by atoms with Gasteiger partial charge in [0.25, 0.3) is 0 Å². The fraction of sp³-hybridized carbons (Fsp3) is 0.300. The van der Waals surface area contributed by atoms with Crippen molar-refractivity contribution in [3.05, 3.63) is 35.4 Å². The monoisotopic (exact) mass is 159 g/mol. The van der Waals surface area contributed by atoms with Crippen LogP contribution >= 0.6 is 0 Å². The lowest BCUT2D eigenvalue weighted by Gasteiger charge is -1.94. The quantitative estimate of drug-likeness (QED) is 0.587. The lowest BCUT2D eigenvalue weighted by Crippen LogP contribution is -1.84. The number of nitriles is 1. The molecule has 1 aliphatic rings. The largest absolute Gasteiger partial charge is 0.348 e. The molecule has 1 heterocycles. The van der Waals surface area contributed by atoms with Gasteiger partial charge >= 0.3 is 0 Å². The predicted octanol–water partition coefficient (Wildman–Crippen LogP) is 1.96. The van der Waals surface area contributed by atoms with Crippen molar-refractivity contribution in [2.45, 2.75) is 19.1 Å². The van der Waals surface area contributed by atoms with Gasteiger partial charge in [-0.2, -0.15) is 5.26 Å². The van der Waals surface area contributed by atoms with Crippen LogP contribution in [0.2, 0.25) is 0 Å². The molecule has 0 bridgehead atoms. The summed E-state index contributed by atoms with van der Waals surface area (Å²) in [6.07, 6.45) is -0.191. The summed E-state index contributed by atoms with van der Waals surface area (Å²) < 4.78 is 5.13. The SMILES string of the molecule is Cc1ccc([C@H]2O[C@H]2C#N)cc1. The lowest BCUT2D eigenvalue weighted by atomic mass is 10.1. The maximum absolute atomic E-state index is 8.52. The van der Waals surface area contributed by atoms with Crippen molar-refractivity contribution in [3.8, 4) is 6.07 Å². The van der Waals surface area contributed by atoms with Crippen LogP contribution in [0.25, 0.3) is 0 Å². The summed E-state index contributed by atoms with van der Waals surface area (Å²) in [6.45, 7) is 2.04. The van der Waals surface area contributed by atoms with Crippen molar-refractivity contribution in [3.63, 3.8) is 0 Å². The zero-order chi connectivity index (χ0) is 8.55. The summed E-state index contributed by atoms with van der Waals surface area (Å²) in [5, 5.41) is 8.52. The Bertz CT molecular complexity index is 323. The number of ether oxygens (including phenoxy) is 1. The second-order valence-electron chi connectivity index (χ2n) is 3.02. The average Bonchev–Trinajstić information content (AvgIpc) is 2.85. The molecule has 0 radical (unpaired) electrons. The zero-order valence-electron chi connectivity index (χ0n) is 6.82. The summed E-state index contributed by atoms with van der Waals surface area (Å²) in [4.78, 5) is 0. The van der Waals surface area contributed by atoms with E-state index in [1.165, 1.54) is 5.56 Å². The Hall–Kier alpha value is -1.33. The van der Waals surface area contributed by atoms with Crippen molar-refractivity contribution in [1.29, 1.82) is 5.26 Å². The minimum atomic E-state index is -0.215. The molecular weight excluding hydrogens is 150 g/mol. The number of aryl methyl sites for hydroxylation is 1. The Kier molecular flexibility index (Phi) is 1.60. The molecule has 1 fully saturated rings.